The summed E-state index contributed by atoms with van der Waals surface area (Å²) in [6.45, 7) is 8.50. The second-order valence-electron chi connectivity index (χ2n) is 12.3. The Bertz CT molecular complexity index is 1480. The maximum Gasteiger partial charge on any atom is 0.258 e. The number of likely N-dealkylation sites (N-methyl/N-ethyl adjacent to an activating group) is 1. The van der Waals surface area contributed by atoms with Crippen LogP contribution >= 0.6 is 0 Å². The van der Waals surface area contributed by atoms with Gasteiger partial charge in [0, 0.05) is 75.5 Å². The summed E-state index contributed by atoms with van der Waals surface area (Å²) in [5, 5.41) is 0. The molecule has 0 bridgehead atoms. The van der Waals surface area contributed by atoms with Crippen LogP contribution in [0.5, 0.6) is 17.2 Å². The Morgan fingerprint density at radius 1 is 1.13 bits per heavy atom. The number of hydrogen-bond acceptors (Lipinski definition) is 9. The lowest BCUT2D eigenvalue weighted by atomic mass is 10.0. The van der Waals surface area contributed by atoms with E-state index in [1.165, 1.54) is 30.1 Å². The van der Waals surface area contributed by atoms with Crippen LogP contribution in [-0.4, -0.2) is 88.7 Å². The van der Waals surface area contributed by atoms with Crippen molar-refractivity contribution >= 4 is 11.7 Å². The average molecular weight is 619 g/mol. The topological polar surface area (TPSA) is 93.2 Å². The summed E-state index contributed by atoms with van der Waals surface area (Å²) in [4.78, 5) is 33.7. The summed E-state index contributed by atoms with van der Waals surface area (Å²) in [5.41, 5.74) is 2.49. The molecule has 10 nitrogen and oxygen atoms in total. The van der Waals surface area contributed by atoms with Crippen LogP contribution in [-0.2, 0) is 17.7 Å². The number of nitrogens with zero attached hydrogens (tertiary/aromatic N) is 6. The summed E-state index contributed by atoms with van der Waals surface area (Å²) < 4.78 is 33.2. The molecule has 2 saturated heterocycles. The highest BCUT2D eigenvalue weighted by molar-refractivity contribution is 5.97. The van der Waals surface area contributed by atoms with Crippen molar-refractivity contribution in [1.29, 1.82) is 0 Å². The van der Waals surface area contributed by atoms with Crippen LogP contribution in [0.3, 0.4) is 0 Å². The lowest BCUT2D eigenvalue weighted by Crippen LogP contribution is -2.49. The molecule has 0 radical (unpaired) electrons. The third-order valence-corrected chi connectivity index (χ3v) is 9.18. The molecule has 3 aliphatic heterocycles. The molecule has 1 amide bonds. The minimum Gasteiger partial charge on any atom is -0.490 e. The van der Waals surface area contributed by atoms with Gasteiger partial charge in [-0.15, -0.1) is 0 Å². The average Bonchev–Trinajstić information content (AvgIpc) is 3.07. The van der Waals surface area contributed by atoms with Crippen molar-refractivity contribution in [3.05, 3.63) is 65.6 Å². The Morgan fingerprint density at radius 3 is 2.76 bits per heavy atom. The van der Waals surface area contributed by atoms with Crippen LogP contribution in [0, 0.1) is 5.82 Å². The lowest BCUT2D eigenvalue weighted by Gasteiger charge is -2.38. The Hall–Kier alpha value is -3.83. The number of carbonyl (C=O) groups is 1. The molecule has 3 aliphatic rings. The summed E-state index contributed by atoms with van der Waals surface area (Å²) in [7, 11) is 2.12. The van der Waals surface area contributed by atoms with Gasteiger partial charge < -0.3 is 28.9 Å². The molecule has 45 heavy (non-hydrogen) atoms. The van der Waals surface area contributed by atoms with Crippen molar-refractivity contribution in [3.63, 3.8) is 0 Å². The Morgan fingerprint density at radius 2 is 1.98 bits per heavy atom. The summed E-state index contributed by atoms with van der Waals surface area (Å²) in [5.74, 6) is 1.48. The van der Waals surface area contributed by atoms with E-state index in [0.29, 0.717) is 37.9 Å². The first-order chi connectivity index (χ1) is 21.9. The van der Waals surface area contributed by atoms with Crippen molar-refractivity contribution in [2.24, 2.45) is 0 Å². The number of aromatic nitrogens is 3. The third kappa shape index (κ3) is 7.04. The van der Waals surface area contributed by atoms with Crippen LogP contribution in [0.25, 0.3) is 0 Å². The zero-order valence-corrected chi connectivity index (χ0v) is 26.5. The first kappa shape index (κ1) is 31.2. The van der Waals surface area contributed by atoms with Gasteiger partial charge in [0.15, 0.2) is 11.6 Å². The van der Waals surface area contributed by atoms with Gasteiger partial charge in [-0.2, -0.15) is 0 Å². The molecule has 240 valence electrons. The number of fused-ring (bicyclic) bond motifs is 1. The standard InChI is InChI=1S/C34H43FN6O4/c1-4-23(2)41(25-6-5-17-43-21-25)34(42)27-18-24(35)7-8-30(27)45-32-19-36-22-38-33(32)40-15-10-26(11-16-40)44-31-9-13-37-29-12-14-39(3)20-28(29)31/h7-9,13,18-19,22-23,25-26H,4-6,10-12,14-17,20-21H2,1-3H3/t23?,25-/m1/s1. The van der Waals surface area contributed by atoms with E-state index in [1.807, 2.05) is 31.0 Å². The Labute approximate surface area is 264 Å². The first-order valence-electron chi connectivity index (χ1n) is 16.2. The molecule has 1 aromatic carbocycles. The second kappa shape index (κ2) is 14.1. The molecule has 2 aromatic heterocycles. The van der Waals surface area contributed by atoms with Gasteiger partial charge in [0.25, 0.3) is 5.91 Å². The van der Waals surface area contributed by atoms with Crippen LogP contribution in [0.2, 0.25) is 0 Å². The third-order valence-electron chi connectivity index (χ3n) is 9.18. The molecule has 0 saturated carbocycles. The highest BCUT2D eigenvalue weighted by Crippen LogP contribution is 2.35. The van der Waals surface area contributed by atoms with Crippen molar-refractivity contribution in [2.45, 2.75) is 77.1 Å². The van der Waals surface area contributed by atoms with Gasteiger partial charge in [0.2, 0.25) is 0 Å². The predicted molar refractivity (Wildman–Crippen MR) is 168 cm³/mol. The fraction of sp³-hybridized carbons (Fsp3) is 0.529. The Kier molecular flexibility index (Phi) is 9.75. The van der Waals surface area contributed by atoms with Crippen LogP contribution in [0.15, 0.2) is 43.0 Å². The van der Waals surface area contributed by atoms with E-state index in [4.69, 9.17) is 14.2 Å². The highest BCUT2D eigenvalue weighted by atomic mass is 19.1. The van der Waals surface area contributed by atoms with Gasteiger partial charge in [-0.05, 0) is 57.5 Å². The van der Waals surface area contributed by atoms with Gasteiger partial charge in [-0.3, -0.25) is 9.78 Å². The molecule has 0 aliphatic carbocycles. The van der Waals surface area contributed by atoms with Crippen molar-refractivity contribution in [2.75, 3.05) is 44.8 Å². The first-order valence-corrected chi connectivity index (χ1v) is 16.2. The minimum atomic E-state index is -0.497. The van der Waals surface area contributed by atoms with E-state index in [9.17, 15) is 9.18 Å². The monoisotopic (exact) mass is 618 g/mol. The molecule has 2 atom stereocenters. The van der Waals surface area contributed by atoms with E-state index in [2.05, 4.69) is 31.8 Å². The van der Waals surface area contributed by atoms with E-state index in [-0.39, 0.29) is 35.4 Å². The van der Waals surface area contributed by atoms with Crippen LogP contribution in [0.4, 0.5) is 10.2 Å². The number of rotatable bonds is 9. The molecule has 11 heteroatoms. The van der Waals surface area contributed by atoms with Gasteiger partial charge in [-0.25, -0.2) is 14.4 Å². The molecule has 6 rings (SSSR count). The molecule has 5 heterocycles. The van der Waals surface area contributed by atoms with Gasteiger partial charge in [0.1, 0.15) is 29.7 Å². The van der Waals surface area contributed by atoms with Crippen molar-refractivity contribution in [3.8, 4) is 17.2 Å². The number of piperidine rings is 1. The smallest absolute Gasteiger partial charge is 0.258 e. The molecular formula is C34H43FN6O4. The second-order valence-corrected chi connectivity index (χ2v) is 12.3. The number of anilines is 1. The fourth-order valence-electron chi connectivity index (χ4n) is 6.52. The molecular weight excluding hydrogens is 575 g/mol. The molecule has 0 N–H and O–H groups in total. The van der Waals surface area contributed by atoms with E-state index in [1.54, 1.807) is 6.20 Å². The van der Waals surface area contributed by atoms with Crippen LogP contribution < -0.4 is 14.4 Å². The maximum atomic E-state index is 14.6. The zero-order valence-electron chi connectivity index (χ0n) is 26.5. The fourth-order valence-corrected chi connectivity index (χ4v) is 6.52. The highest BCUT2D eigenvalue weighted by Gasteiger charge is 2.33. The van der Waals surface area contributed by atoms with Crippen LogP contribution in [0.1, 0.15) is 67.6 Å². The number of halogens is 1. The van der Waals surface area contributed by atoms with Gasteiger partial charge >= 0.3 is 0 Å². The number of pyridine rings is 1. The molecule has 2 fully saturated rings. The zero-order chi connectivity index (χ0) is 31.3. The largest absolute Gasteiger partial charge is 0.490 e. The normalized spacial score (nSPS) is 19.9. The predicted octanol–water partition coefficient (Wildman–Crippen LogP) is 5.26. The summed E-state index contributed by atoms with van der Waals surface area (Å²) in [6, 6.07) is 5.95. The van der Waals surface area contributed by atoms with E-state index >= 15 is 0 Å². The summed E-state index contributed by atoms with van der Waals surface area (Å²) in [6.07, 6.45) is 10.1. The summed E-state index contributed by atoms with van der Waals surface area (Å²) >= 11 is 0. The van der Waals surface area contributed by atoms with Gasteiger partial charge in [0.05, 0.1) is 24.4 Å². The number of carbonyl (C=O) groups excluding carboxylic acids is 1. The van der Waals surface area contributed by atoms with E-state index < -0.39 is 5.82 Å². The molecule has 3 aromatic rings. The van der Waals surface area contributed by atoms with Gasteiger partial charge in [-0.1, -0.05) is 6.92 Å². The number of ether oxygens (including phenoxy) is 3. The van der Waals surface area contributed by atoms with Crippen molar-refractivity contribution in [1.82, 2.24) is 24.8 Å². The molecule has 1 unspecified atom stereocenters. The number of benzene rings is 1. The number of amides is 1. The minimum absolute atomic E-state index is 0.0435. The number of hydrogen-bond donors (Lipinski definition) is 0. The Balaban J connectivity index is 1.18. The quantitative estimate of drug-likeness (QED) is 0.319. The van der Waals surface area contributed by atoms with Crippen molar-refractivity contribution < 1.29 is 23.4 Å². The molecule has 0 spiro atoms. The SMILES string of the molecule is CCC(C)N(C(=O)c1cc(F)ccc1Oc1cncnc1N1CCC(Oc2ccnc3c2CN(C)CC3)CC1)[C@@H]1CCCOC1. The lowest BCUT2D eigenvalue weighted by molar-refractivity contribution is 0.00510. The van der Waals surface area contributed by atoms with E-state index in [0.717, 1.165) is 63.1 Å². The maximum absolute atomic E-state index is 14.6.